The second-order valence-electron chi connectivity index (χ2n) is 5.74. The van der Waals surface area contributed by atoms with E-state index in [4.69, 9.17) is 4.74 Å². The van der Waals surface area contributed by atoms with Gasteiger partial charge in [-0.3, -0.25) is 9.69 Å². The number of ether oxygens (including phenoxy) is 1. The Labute approximate surface area is 121 Å². The Hall–Kier alpha value is -1.39. The number of carbonyl (C=O) groups excluding carboxylic acids is 1. The van der Waals surface area contributed by atoms with Gasteiger partial charge < -0.3 is 10.1 Å². The molecule has 0 saturated heterocycles. The Balaban J connectivity index is 2.31. The number of rotatable bonds is 5. The second kappa shape index (κ2) is 5.94. The van der Waals surface area contributed by atoms with Gasteiger partial charge in [0.15, 0.2) is 0 Å². The first kappa shape index (κ1) is 15.0. The van der Waals surface area contributed by atoms with Crippen molar-refractivity contribution in [2.75, 3.05) is 27.8 Å². The molecule has 4 nitrogen and oxygen atoms in total. The number of nitrogens with one attached hydrogen (secondary N) is 1. The van der Waals surface area contributed by atoms with E-state index in [1.54, 1.807) is 7.11 Å². The summed E-state index contributed by atoms with van der Waals surface area (Å²) in [4.78, 5) is 14.9. The van der Waals surface area contributed by atoms with Crippen LogP contribution in [0.3, 0.4) is 0 Å². The van der Waals surface area contributed by atoms with Crippen molar-refractivity contribution in [3.05, 3.63) is 35.4 Å². The SMILES string of the molecule is COC[C@@H](C)NC(=O)[C@]1(N(C)C)CCc2ccccc21. The van der Waals surface area contributed by atoms with E-state index in [9.17, 15) is 4.79 Å². The largest absolute Gasteiger partial charge is 0.383 e. The van der Waals surface area contributed by atoms with Gasteiger partial charge in [-0.25, -0.2) is 0 Å². The third-order valence-electron chi connectivity index (χ3n) is 4.15. The van der Waals surface area contributed by atoms with Crippen LogP contribution in [0.1, 0.15) is 24.5 Å². The second-order valence-corrected chi connectivity index (χ2v) is 5.74. The van der Waals surface area contributed by atoms with Gasteiger partial charge in [-0.1, -0.05) is 24.3 Å². The van der Waals surface area contributed by atoms with Crippen molar-refractivity contribution < 1.29 is 9.53 Å². The topological polar surface area (TPSA) is 41.6 Å². The molecule has 0 radical (unpaired) electrons. The van der Waals surface area contributed by atoms with Crippen LogP contribution in [0.25, 0.3) is 0 Å². The number of amides is 1. The molecule has 0 heterocycles. The van der Waals surface area contributed by atoms with Gasteiger partial charge in [-0.15, -0.1) is 0 Å². The highest BCUT2D eigenvalue weighted by Crippen LogP contribution is 2.40. The summed E-state index contributed by atoms with van der Waals surface area (Å²) >= 11 is 0. The Morgan fingerprint density at radius 3 is 2.80 bits per heavy atom. The van der Waals surface area contributed by atoms with Gasteiger partial charge >= 0.3 is 0 Å². The molecule has 20 heavy (non-hydrogen) atoms. The first-order valence-corrected chi connectivity index (χ1v) is 7.08. The number of hydrogen-bond acceptors (Lipinski definition) is 3. The Morgan fingerprint density at radius 2 is 2.15 bits per heavy atom. The molecule has 110 valence electrons. The smallest absolute Gasteiger partial charge is 0.245 e. The summed E-state index contributed by atoms with van der Waals surface area (Å²) < 4.78 is 5.10. The van der Waals surface area contributed by atoms with Gasteiger partial charge in [-0.2, -0.15) is 0 Å². The first-order valence-electron chi connectivity index (χ1n) is 7.08. The van der Waals surface area contributed by atoms with Crippen molar-refractivity contribution in [3.8, 4) is 0 Å². The zero-order chi connectivity index (χ0) is 14.8. The molecule has 0 aromatic heterocycles. The van der Waals surface area contributed by atoms with Gasteiger partial charge in [0.1, 0.15) is 5.54 Å². The van der Waals surface area contributed by atoms with Crippen molar-refractivity contribution in [3.63, 3.8) is 0 Å². The van der Waals surface area contributed by atoms with Crippen molar-refractivity contribution >= 4 is 5.91 Å². The van der Waals surface area contributed by atoms with E-state index >= 15 is 0 Å². The number of hydrogen-bond donors (Lipinski definition) is 1. The van der Waals surface area contributed by atoms with E-state index in [0.29, 0.717) is 6.61 Å². The lowest BCUT2D eigenvalue weighted by atomic mass is 9.89. The fraction of sp³-hybridized carbons (Fsp3) is 0.562. The highest BCUT2D eigenvalue weighted by Gasteiger charge is 2.47. The molecular formula is C16H24N2O2. The Morgan fingerprint density at radius 1 is 1.45 bits per heavy atom. The standard InChI is InChI=1S/C16H24N2O2/c1-12(11-20-4)17-15(19)16(18(2)3)10-9-13-7-5-6-8-14(13)16/h5-8,12H,9-11H2,1-4H3,(H,17,19)/t12-,16+/m1/s1. The predicted molar refractivity (Wildman–Crippen MR) is 79.6 cm³/mol. The molecule has 2 rings (SSSR count). The highest BCUT2D eigenvalue weighted by molar-refractivity contribution is 5.89. The number of benzene rings is 1. The maximum atomic E-state index is 12.8. The van der Waals surface area contributed by atoms with Crippen molar-refractivity contribution in [1.82, 2.24) is 10.2 Å². The molecule has 1 N–H and O–H groups in total. The zero-order valence-corrected chi connectivity index (χ0v) is 12.8. The molecule has 1 aliphatic carbocycles. The molecule has 2 atom stereocenters. The summed E-state index contributed by atoms with van der Waals surface area (Å²) in [6, 6.07) is 8.25. The summed E-state index contributed by atoms with van der Waals surface area (Å²) in [5.74, 6) is 0.0667. The van der Waals surface area contributed by atoms with E-state index in [1.807, 2.05) is 38.1 Å². The van der Waals surface area contributed by atoms with Gasteiger partial charge in [0.2, 0.25) is 5.91 Å². The van der Waals surface area contributed by atoms with Crippen LogP contribution >= 0.6 is 0 Å². The number of methoxy groups -OCH3 is 1. The van der Waals surface area contributed by atoms with Crippen LogP contribution in [0.15, 0.2) is 24.3 Å². The first-order chi connectivity index (χ1) is 9.52. The van der Waals surface area contributed by atoms with E-state index in [0.717, 1.165) is 18.4 Å². The highest BCUT2D eigenvalue weighted by atomic mass is 16.5. The summed E-state index contributed by atoms with van der Waals surface area (Å²) in [7, 11) is 5.60. The van der Waals surface area contributed by atoms with Gasteiger partial charge in [0.05, 0.1) is 6.61 Å². The fourth-order valence-electron chi connectivity index (χ4n) is 3.13. The molecule has 0 unspecified atom stereocenters. The van der Waals surface area contributed by atoms with Gasteiger partial charge in [-0.05, 0) is 45.0 Å². The van der Waals surface area contributed by atoms with Crippen LogP contribution in [0.2, 0.25) is 0 Å². The maximum absolute atomic E-state index is 12.8. The quantitative estimate of drug-likeness (QED) is 0.887. The number of nitrogens with zero attached hydrogens (tertiary/aromatic N) is 1. The molecule has 1 amide bonds. The maximum Gasteiger partial charge on any atom is 0.245 e. The molecule has 0 aliphatic heterocycles. The lowest BCUT2D eigenvalue weighted by Crippen LogP contribution is -2.54. The third-order valence-corrected chi connectivity index (χ3v) is 4.15. The average Bonchev–Trinajstić information content (AvgIpc) is 2.79. The predicted octanol–water partition coefficient (Wildman–Crippen LogP) is 1.54. The van der Waals surface area contributed by atoms with Gasteiger partial charge in [0.25, 0.3) is 0 Å². The molecule has 0 bridgehead atoms. The minimum atomic E-state index is -0.557. The molecule has 0 saturated carbocycles. The third kappa shape index (κ3) is 2.45. The fourth-order valence-corrected chi connectivity index (χ4v) is 3.13. The molecule has 1 aromatic rings. The molecule has 1 aliphatic rings. The monoisotopic (exact) mass is 276 g/mol. The van der Waals surface area contributed by atoms with Crippen molar-refractivity contribution in [2.24, 2.45) is 0 Å². The van der Waals surface area contributed by atoms with Crippen LogP contribution in [-0.4, -0.2) is 44.7 Å². The lowest BCUT2D eigenvalue weighted by molar-refractivity contribution is -0.133. The van der Waals surface area contributed by atoms with Crippen LogP contribution in [0, 0.1) is 0 Å². The van der Waals surface area contributed by atoms with Crippen LogP contribution in [0.4, 0.5) is 0 Å². The van der Waals surface area contributed by atoms with Crippen molar-refractivity contribution in [2.45, 2.75) is 31.3 Å². The van der Waals surface area contributed by atoms with Crippen LogP contribution in [0.5, 0.6) is 0 Å². The molecule has 4 heteroatoms. The van der Waals surface area contributed by atoms with E-state index in [-0.39, 0.29) is 11.9 Å². The number of carbonyl (C=O) groups is 1. The molecular weight excluding hydrogens is 252 g/mol. The molecule has 1 aromatic carbocycles. The van der Waals surface area contributed by atoms with Gasteiger partial charge in [0, 0.05) is 13.2 Å². The summed E-state index contributed by atoms with van der Waals surface area (Å²) in [6.45, 7) is 2.49. The van der Waals surface area contributed by atoms with E-state index in [1.165, 1.54) is 5.56 Å². The minimum Gasteiger partial charge on any atom is -0.383 e. The number of aryl methyl sites for hydroxylation is 1. The molecule has 0 fully saturated rings. The minimum absolute atomic E-state index is 0.0112. The van der Waals surface area contributed by atoms with Crippen LogP contribution in [-0.2, 0) is 21.5 Å². The van der Waals surface area contributed by atoms with E-state index < -0.39 is 5.54 Å². The number of fused-ring (bicyclic) bond motifs is 1. The number of likely N-dealkylation sites (N-methyl/N-ethyl adjacent to an activating group) is 1. The summed E-state index contributed by atoms with van der Waals surface area (Å²) in [6.07, 6.45) is 1.77. The summed E-state index contributed by atoms with van der Waals surface area (Å²) in [5.41, 5.74) is 1.85. The summed E-state index contributed by atoms with van der Waals surface area (Å²) in [5, 5.41) is 3.08. The normalized spacial score (nSPS) is 22.6. The zero-order valence-electron chi connectivity index (χ0n) is 12.8. The lowest BCUT2D eigenvalue weighted by Gasteiger charge is -2.36. The Kier molecular flexibility index (Phi) is 4.45. The van der Waals surface area contributed by atoms with E-state index in [2.05, 4.69) is 17.4 Å². The van der Waals surface area contributed by atoms with Crippen LogP contribution < -0.4 is 5.32 Å². The molecule has 0 spiro atoms. The average molecular weight is 276 g/mol. The Bertz CT molecular complexity index is 487. The van der Waals surface area contributed by atoms with Crippen molar-refractivity contribution in [1.29, 1.82) is 0 Å².